The summed E-state index contributed by atoms with van der Waals surface area (Å²) in [6.45, 7) is 4.96. The van der Waals surface area contributed by atoms with Gasteiger partial charge in [-0.05, 0) is 57.8 Å². The fourth-order valence-electron chi connectivity index (χ4n) is 10.4. The molecule has 0 aromatic rings. The van der Waals surface area contributed by atoms with Crippen molar-refractivity contribution in [1.82, 2.24) is 5.32 Å². The number of carbonyl (C=O) groups excluding carboxylic acids is 2. The average molecular weight is 1030 g/mol. The van der Waals surface area contributed by atoms with E-state index in [9.17, 15) is 19.8 Å². The van der Waals surface area contributed by atoms with E-state index in [4.69, 9.17) is 4.74 Å². The van der Waals surface area contributed by atoms with E-state index in [1.807, 2.05) is 0 Å². The summed E-state index contributed by atoms with van der Waals surface area (Å²) in [4.78, 5) is 24.5. The lowest BCUT2D eigenvalue weighted by Crippen LogP contribution is -2.45. The van der Waals surface area contributed by atoms with E-state index in [1.54, 1.807) is 0 Å². The number of carbonyl (C=O) groups is 2. The molecule has 3 N–H and O–H groups in total. The van der Waals surface area contributed by atoms with Gasteiger partial charge in [-0.15, -0.1) is 0 Å². The molecule has 6 heteroatoms. The molecule has 0 saturated carbocycles. The number of rotatable bonds is 62. The molecule has 73 heavy (non-hydrogen) atoms. The predicted molar refractivity (Wildman–Crippen MR) is 320 cm³/mol. The van der Waals surface area contributed by atoms with Crippen LogP contribution in [0, 0.1) is 0 Å². The third-order valence-electron chi connectivity index (χ3n) is 15.5. The van der Waals surface area contributed by atoms with E-state index in [2.05, 4.69) is 43.5 Å². The van der Waals surface area contributed by atoms with Crippen molar-refractivity contribution in [3.63, 3.8) is 0 Å². The minimum Gasteiger partial charge on any atom is -0.466 e. The van der Waals surface area contributed by atoms with Gasteiger partial charge in [0, 0.05) is 12.8 Å². The molecular weight excluding hydrogens is 899 g/mol. The number of aliphatic hydroxyl groups is 2. The fourth-order valence-corrected chi connectivity index (χ4v) is 10.4. The second kappa shape index (κ2) is 62.9. The molecule has 0 aliphatic heterocycles. The van der Waals surface area contributed by atoms with Crippen molar-refractivity contribution in [2.75, 3.05) is 13.2 Å². The van der Waals surface area contributed by atoms with Gasteiger partial charge in [-0.2, -0.15) is 0 Å². The highest BCUT2D eigenvalue weighted by atomic mass is 16.5. The Bertz CT molecular complexity index is 1140. The van der Waals surface area contributed by atoms with Gasteiger partial charge in [0.1, 0.15) is 0 Å². The van der Waals surface area contributed by atoms with Gasteiger partial charge in [0.05, 0.1) is 25.4 Å². The van der Waals surface area contributed by atoms with E-state index < -0.39 is 12.1 Å². The zero-order chi connectivity index (χ0) is 52.9. The number of aliphatic hydroxyl groups excluding tert-OH is 2. The summed E-state index contributed by atoms with van der Waals surface area (Å²) in [5.41, 5.74) is 0. The Kier molecular flexibility index (Phi) is 61.4. The molecule has 2 unspecified atom stereocenters. The number of hydrogen-bond acceptors (Lipinski definition) is 5. The Morgan fingerprint density at radius 3 is 1.04 bits per heavy atom. The van der Waals surface area contributed by atoms with Crippen LogP contribution in [0.25, 0.3) is 0 Å². The minimum absolute atomic E-state index is 0.0158. The van der Waals surface area contributed by atoms with Crippen LogP contribution in [-0.2, 0) is 14.3 Å². The van der Waals surface area contributed by atoms with Crippen LogP contribution in [0.5, 0.6) is 0 Å². The van der Waals surface area contributed by atoms with Crippen molar-refractivity contribution in [3.05, 3.63) is 24.3 Å². The summed E-state index contributed by atoms with van der Waals surface area (Å²) < 4.78 is 5.50. The van der Waals surface area contributed by atoms with E-state index in [1.165, 1.54) is 289 Å². The van der Waals surface area contributed by atoms with Gasteiger partial charge in [-0.1, -0.05) is 321 Å². The van der Waals surface area contributed by atoms with Gasteiger partial charge in [0.2, 0.25) is 5.91 Å². The van der Waals surface area contributed by atoms with Gasteiger partial charge >= 0.3 is 5.97 Å². The number of unbranched alkanes of at least 4 members (excludes halogenated alkanes) is 47. The van der Waals surface area contributed by atoms with Crippen LogP contribution >= 0.6 is 0 Å². The quantitative estimate of drug-likeness (QED) is 0.0320. The normalized spacial score (nSPS) is 12.7. The molecule has 0 aromatic heterocycles. The number of ether oxygens (including phenoxy) is 1. The van der Waals surface area contributed by atoms with Crippen molar-refractivity contribution in [2.45, 2.75) is 379 Å². The Labute approximate surface area is 456 Å². The highest BCUT2D eigenvalue weighted by molar-refractivity contribution is 5.76. The van der Waals surface area contributed by atoms with Gasteiger partial charge in [0.25, 0.3) is 0 Å². The molecule has 6 nitrogen and oxygen atoms in total. The van der Waals surface area contributed by atoms with Crippen molar-refractivity contribution < 1.29 is 24.5 Å². The molecular formula is C67H129NO5. The zero-order valence-corrected chi connectivity index (χ0v) is 49.4. The third kappa shape index (κ3) is 59.4. The molecule has 0 aliphatic carbocycles. The van der Waals surface area contributed by atoms with Crippen molar-refractivity contribution in [2.24, 2.45) is 0 Å². The average Bonchev–Trinajstić information content (AvgIpc) is 3.39. The smallest absolute Gasteiger partial charge is 0.305 e. The molecule has 0 fully saturated rings. The fraction of sp³-hybridized carbons (Fsp3) is 0.910. The maximum Gasteiger partial charge on any atom is 0.305 e. The van der Waals surface area contributed by atoms with Gasteiger partial charge in [0.15, 0.2) is 0 Å². The van der Waals surface area contributed by atoms with E-state index >= 15 is 0 Å². The molecule has 0 bridgehead atoms. The van der Waals surface area contributed by atoms with Crippen LogP contribution in [0.3, 0.4) is 0 Å². The summed E-state index contributed by atoms with van der Waals surface area (Å²) in [7, 11) is 0. The van der Waals surface area contributed by atoms with Gasteiger partial charge in [-0.25, -0.2) is 0 Å². The van der Waals surface area contributed by atoms with E-state index in [0.717, 1.165) is 44.9 Å². The van der Waals surface area contributed by atoms with Crippen LogP contribution in [0.2, 0.25) is 0 Å². The van der Waals surface area contributed by atoms with Crippen molar-refractivity contribution >= 4 is 11.9 Å². The maximum atomic E-state index is 12.4. The zero-order valence-electron chi connectivity index (χ0n) is 49.4. The lowest BCUT2D eigenvalue weighted by atomic mass is 10.0. The highest BCUT2D eigenvalue weighted by Crippen LogP contribution is 2.18. The second-order valence-corrected chi connectivity index (χ2v) is 22.8. The minimum atomic E-state index is -0.664. The Balaban J connectivity index is 3.37. The molecule has 1 amide bonds. The van der Waals surface area contributed by atoms with E-state index in [-0.39, 0.29) is 18.5 Å². The summed E-state index contributed by atoms with van der Waals surface area (Å²) in [5, 5.41) is 23.2. The van der Waals surface area contributed by atoms with Crippen LogP contribution in [0.4, 0.5) is 0 Å². The molecule has 0 heterocycles. The first-order valence-corrected chi connectivity index (χ1v) is 33.1. The van der Waals surface area contributed by atoms with Gasteiger partial charge < -0.3 is 20.3 Å². The lowest BCUT2D eigenvalue weighted by molar-refractivity contribution is -0.143. The van der Waals surface area contributed by atoms with Crippen LogP contribution in [0.1, 0.15) is 367 Å². The molecule has 0 spiro atoms. The molecule has 0 aromatic carbocycles. The third-order valence-corrected chi connectivity index (χ3v) is 15.5. The summed E-state index contributed by atoms with van der Waals surface area (Å²) in [6, 6.07) is -0.542. The Morgan fingerprint density at radius 2 is 0.685 bits per heavy atom. The first kappa shape index (κ1) is 71.3. The summed E-state index contributed by atoms with van der Waals surface area (Å²) in [5.74, 6) is -0.0228. The number of hydrogen-bond donors (Lipinski definition) is 3. The molecule has 0 aliphatic rings. The van der Waals surface area contributed by atoms with Gasteiger partial charge in [-0.3, -0.25) is 9.59 Å². The highest BCUT2D eigenvalue weighted by Gasteiger charge is 2.20. The molecule has 432 valence electrons. The number of nitrogens with one attached hydrogen (secondary N) is 1. The van der Waals surface area contributed by atoms with Crippen molar-refractivity contribution in [1.29, 1.82) is 0 Å². The van der Waals surface area contributed by atoms with Crippen molar-refractivity contribution in [3.8, 4) is 0 Å². The second-order valence-electron chi connectivity index (χ2n) is 22.8. The van der Waals surface area contributed by atoms with Crippen LogP contribution in [0.15, 0.2) is 24.3 Å². The molecule has 0 rings (SSSR count). The number of allylic oxidation sites excluding steroid dienone is 4. The monoisotopic (exact) mass is 1030 g/mol. The molecule has 2 atom stereocenters. The topological polar surface area (TPSA) is 95.9 Å². The first-order valence-electron chi connectivity index (χ1n) is 33.1. The predicted octanol–water partition coefficient (Wildman–Crippen LogP) is 21.0. The SMILES string of the molecule is CCCCCCCCCCCCCCCCCCCCCC(=O)OCCCCCCCCCCC/C=C\C/C=C\CCCCCCCCCCCCCC(=O)NC(CO)C(O)CCCCCCCCCCCC. The summed E-state index contributed by atoms with van der Waals surface area (Å²) >= 11 is 0. The van der Waals surface area contributed by atoms with Crippen LogP contribution in [-0.4, -0.2) is 47.4 Å². The molecule has 0 radical (unpaired) electrons. The first-order chi connectivity index (χ1) is 36.0. The standard InChI is InChI=1S/C67H129NO5/c1-3-5-7-9-11-13-15-16-17-18-28-32-35-38-41-45-49-53-57-61-67(72)73-62-58-54-50-46-42-39-36-33-30-27-25-23-21-19-20-22-24-26-29-31-34-37-40-44-48-52-56-60-66(71)68-64(63-69)65(70)59-55-51-47-43-14-12-10-8-6-4-2/h19-20,23,25,64-65,69-70H,3-18,21-22,24,26-63H2,1-2H3,(H,68,71)/b20-19-,25-23-. The maximum absolute atomic E-state index is 12.4. The number of amides is 1. The molecule has 0 saturated heterocycles. The number of esters is 1. The van der Waals surface area contributed by atoms with E-state index in [0.29, 0.717) is 25.9 Å². The largest absolute Gasteiger partial charge is 0.466 e. The summed E-state index contributed by atoms with van der Waals surface area (Å²) in [6.07, 6.45) is 77.9. The van der Waals surface area contributed by atoms with Crippen LogP contribution < -0.4 is 5.32 Å². The Hall–Kier alpha value is -1.66. The Morgan fingerprint density at radius 1 is 0.384 bits per heavy atom. The lowest BCUT2D eigenvalue weighted by Gasteiger charge is -2.22.